The average molecular weight is 202 g/mol. The zero-order valence-electron chi connectivity index (χ0n) is 9.05. The molecule has 1 heterocycles. The van der Waals surface area contributed by atoms with Gasteiger partial charge in [0.25, 0.3) is 0 Å². The summed E-state index contributed by atoms with van der Waals surface area (Å²) in [5, 5.41) is 3.45. The Morgan fingerprint density at radius 2 is 2.31 bits per heavy atom. The summed E-state index contributed by atoms with van der Waals surface area (Å²) in [6.45, 7) is 6.70. The summed E-state index contributed by atoms with van der Waals surface area (Å²) in [5.41, 5.74) is 0. The van der Waals surface area contributed by atoms with E-state index < -0.39 is 0 Å². The van der Waals surface area contributed by atoms with E-state index in [1.165, 1.54) is 24.5 Å². The van der Waals surface area contributed by atoms with Crippen LogP contribution < -0.4 is 5.32 Å². The predicted octanol–water partition coefficient (Wildman–Crippen LogP) is 1.42. The Morgan fingerprint density at radius 1 is 1.54 bits per heavy atom. The molecule has 1 unspecified atom stereocenters. The van der Waals surface area contributed by atoms with Gasteiger partial charge in [-0.25, -0.2) is 0 Å². The summed E-state index contributed by atoms with van der Waals surface area (Å²) in [6.07, 6.45) is 1.38. The standard InChI is InChI=1S/C10H22N2S/c1-9(2)11-5-6-12(3)10-4-7-13-8-10/h9-11H,4-8H2,1-3H3. The van der Waals surface area contributed by atoms with E-state index in [9.17, 15) is 0 Å². The van der Waals surface area contributed by atoms with Crippen molar-refractivity contribution in [3.8, 4) is 0 Å². The van der Waals surface area contributed by atoms with E-state index in [-0.39, 0.29) is 0 Å². The Morgan fingerprint density at radius 3 is 2.85 bits per heavy atom. The molecule has 13 heavy (non-hydrogen) atoms. The van der Waals surface area contributed by atoms with Crippen molar-refractivity contribution in [1.29, 1.82) is 0 Å². The van der Waals surface area contributed by atoms with Crippen LogP contribution in [0.5, 0.6) is 0 Å². The lowest BCUT2D eigenvalue weighted by molar-refractivity contribution is 0.260. The first-order valence-corrected chi connectivity index (χ1v) is 6.37. The molecule has 0 aromatic carbocycles. The van der Waals surface area contributed by atoms with E-state index in [1.54, 1.807) is 0 Å². The van der Waals surface area contributed by atoms with Crippen molar-refractivity contribution in [1.82, 2.24) is 10.2 Å². The minimum Gasteiger partial charge on any atom is -0.313 e. The molecular weight excluding hydrogens is 180 g/mol. The predicted molar refractivity (Wildman–Crippen MR) is 61.5 cm³/mol. The van der Waals surface area contributed by atoms with Crippen LogP contribution in [0.4, 0.5) is 0 Å². The number of nitrogens with one attached hydrogen (secondary N) is 1. The van der Waals surface area contributed by atoms with Gasteiger partial charge in [0.2, 0.25) is 0 Å². The number of likely N-dealkylation sites (N-methyl/N-ethyl adjacent to an activating group) is 1. The Labute approximate surface area is 86.5 Å². The molecule has 1 rings (SSSR count). The van der Waals surface area contributed by atoms with Crippen LogP contribution in [0.25, 0.3) is 0 Å². The fourth-order valence-electron chi connectivity index (χ4n) is 1.58. The van der Waals surface area contributed by atoms with Gasteiger partial charge in [-0.1, -0.05) is 13.8 Å². The molecule has 0 bridgehead atoms. The molecule has 1 aliphatic rings. The van der Waals surface area contributed by atoms with Crippen molar-refractivity contribution in [2.75, 3.05) is 31.6 Å². The summed E-state index contributed by atoms with van der Waals surface area (Å²) in [7, 11) is 2.25. The number of rotatable bonds is 5. The van der Waals surface area contributed by atoms with Crippen LogP contribution in [-0.4, -0.2) is 48.6 Å². The van der Waals surface area contributed by atoms with Crippen LogP contribution in [0.15, 0.2) is 0 Å². The molecule has 2 nitrogen and oxygen atoms in total. The summed E-state index contributed by atoms with van der Waals surface area (Å²) in [6, 6.07) is 1.45. The van der Waals surface area contributed by atoms with Gasteiger partial charge < -0.3 is 10.2 Å². The van der Waals surface area contributed by atoms with Crippen LogP contribution in [0, 0.1) is 0 Å². The zero-order valence-corrected chi connectivity index (χ0v) is 9.86. The van der Waals surface area contributed by atoms with Crippen molar-refractivity contribution in [2.24, 2.45) is 0 Å². The van der Waals surface area contributed by atoms with Gasteiger partial charge in [-0.3, -0.25) is 0 Å². The molecule has 0 aliphatic carbocycles. The molecule has 1 atom stereocenters. The SMILES string of the molecule is CC(C)NCCN(C)C1CCSC1. The third-order valence-corrected chi connectivity index (χ3v) is 3.69. The minimum atomic E-state index is 0.617. The minimum absolute atomic E-state index is 0.617. The summed E-state index contributed by atoms with van der Waals surface area (Å²) >= 11 is 2.09. The normalized spacial score (nSPS) is 23.3. The Bertz CT molecular complexity index is 133. The quantitative estimate of drug-likeness (QED) is 0.726. The Hall–Kier alpha value is 0.270. The van der Waals surface area contributed by atoms with Gasteiger partial charge >= 0.3 is 0 Å². The van der Waals surface area contributed by atoms with Crippen molar-refractivity contribution < 1.29 is 0 Å². The molecule has 3 heteroatoms. The first kappa shape index (κ1) is 11.3. The monoisotopic (exact) mass is 202 g/mol. The lowest BCUT2D eigenvalue weighted by Gasteiger charge is -2.23. The maximum atomic E-state index is 3.45. The fraction of sp³-hybridized carbons (Fsp3) is 1.00. The van der Waals surface area contributed by atoms with Gasteiger partial charge in [0, 0.05) is 30.9 Å². The second kappa shape index (κ2) is 5.89. The largest absolute Gasteiger partial charge is 0.313 e. The van der Waals surface area contributed by atoms with Crippen LogP contribution in [0.1, 0.15) is 20.3 Å². The molecule has 1 N–H and O–H groups in total. The van der Waals surface area contributed by atoms with Crippen molar-refractivity contribution in [3.63, 3.8) is 0 Å². The second-order valence-corrected chi connectivity index (χ2v) is 5.26. The highest BCUT2D eigenvalue weighted by atomic mass is 32.2. The smallest absolute Gasteiger partial charge is 0.0191 e. The lowest BCUT2D eigenvalue weighted by Crippen LogP contribution is -2.38. The first-order valence-electron chi connectivity index (χ1n) is 5.21. The molecule has 1 fully saturated rings. The molecule has 0 spiro atoms. The molecule has 0 saturated carbocycles. The average Bonchev–Trinajstić information content (AvgIpc) is 2.55. The van der Waals surface area contributed by atoms with Gasteiger partial charge in [-0.05, 0) is 19.2 Å². The maximum Gasteiger partial charge on any atom is 0.0191 e. The molecule has 78 valence electrons. The first-order chi connectivity index (χ1) is 6.20. The van der Waals surface area contributed by atoms with Crippen molar-refractivity contribution >= 4 is 11.8 Å². The highest BCUT2D eigenvalue weighted by Gasteiger charge is 2.19. The molecule has 1 saturated heterocycles. The van der Waals surface area contributed by atoms with Gasteiger partial charge in [0.05, 0.1) is 0 Å². The summed E-state index contributed by atoms with van der Waals surface area (Å²) in [5.74, 6) is 2.69. The number of hydrogen-bond donors (Lipinski definition) is 1. The highest BCUT2D eigenvalue weighted by molar-refractivity contribution is 7.99. The van der Waals surface area contributed by atoms with Gasteiger partial charge in [-0.2, -0.15) is 11.8 Å². The van der Waals surface area contributed by atoms with E-state index in [4.69, 9.17) is 0 Å². The molecule has 0 radical (unpaired) electrons. The molecular formula is C10H22N2S. The number of hydrogen-bond acceptors (Lipinski definition) is 3. The molecule has 0 amide bonds. The third-order valence-electron chi connectivity index (χ3n) is 2.55. The molecule has 0 aromatic heterocycles. The topological polar surface area (TPSA) is 15.3 Å². The van der Waals surface area contributed by atoms with Crippen LogP contribution >= 0.6 is 11.8 Å². The van der Waals surface area contributed by atoms with Crippen molar-refractivity contribution in [2.45, 2.75) is 32.4 Å². The van der Waals surface area contributed by atoms with E-state index in [1.807, 2.05) is 0 Å². The summed E-state index contributed by atoms with van der Waals surface area (Å²) < 4.78 is 0. The molecule has 1 aliphatic heterocycles. The summed E-state index contributed by atoms with van der Waals surface area (Å²) in [4.78, 5) is 2.50. The van der Waals surface area contributed by atoms with Crippen LogP contribution in [0.2, 0.25) is 0 Å². The van der Waals surface area contributed by atoms with E-state index in [0.29, 0.717) is 6.04 Å². The fourth-order valence-corrected chi connectivity index (χ4v) is 2.88. The van der Waals surface area contributed by atoms with Crippen LogP contribution in [0.3, 0.4) is 0 Å². The highest BCUT2D eigenvalue weighted by Crippen LogP contribution is 2.20. The zero-order chi connectivity index (χ0) is 9.68. The van der Waals surface area contributed by atoms with Gasteiger partial charge in [0.15, 0.2) is 0 Å². The van der Waals surface area contributed by atoms with Crippen LogP contribution in [-0.2, 0) is 0 Å². The van der Waals surface area contributed by atoms with Gasteiger partial charge in [-0.15, -0.1) is 0 Å². The Kier molecular flexibility index (Phi) is 5.14. The van der Waals surface area contributed by atoms with E-state index in [0.717, 1.165) is 12.6 Å². The van der Waals surface area contributed by atoms with Gasteiger partial charge in [0.1, 0.15) is 0 Å². The maximum absolute atomic E-state index is 3.45. The van der Waals surface area contributed by atoms with Crippen molar-refractivity contribution in [3.05, 3.63) is 0 Å². The number of nitrogens with zero attached hydrogens (tertiary/aromatic N) is 1. The Balaban J connectivity index is 2.06. The molecule has 0 aromatic rings. The third kappa shape index (κ3) is 4.34. The van der Waals surface area contributed by atoms with E-state index >= 15 is 0 Å². The van der Waals surface area contributed by atoms with E-state index in [2.05, 4.69) is 42.9 Å². The number of thioether (sulfide) groups is 1. The lowest BCUT2D eigenvalue weighted by atomic mass is 10.2. The second-order valence-electron chi connectivity index (χ2n) is 4.11.